The molecule has 0 aromatic heterocycles. The molecule has 0 saturated heterocycles. The summed E-state index contributed by atoms with van der Waals surface area (Å²) in [6.07, 6.45) is 0. The van der Waals surface area contributed by atoms with E-state index in [-0.39, 0.29) is 0 Å². The van der Waals surface area contributed by atoms with Gasteiger partial charge in [-0.15, -0.1) is 0 Å². The molecule has 0 aliphatic rings. The summed E-state index contributed by atoms with van der Waals surface area (Å²) in [7, 11) is 0. The average molecular weight is 413 g/mol. The van der Waals surface area contributed by atoms with E-state index in [4.69, 9.17) is 0 Å². The van der Waals surface area contributed by atoms with Gasteiger partial charge in [-0.05, 0) is 62.0 Å². The third-order valence-electron chi connectivity index (χ3n) is 3.17. The smallest absolute Gasteiger partial charge is 0.312 e. The Morgan fingerprint density at radius 3 is 2.29 bits per heavy atom. The highest BCUT2D eigenvalue weighted by Gasteiger charge is 2.20. The Morgan fingerprint density at radius 2 is 1.76 bits per heavy atom. The van der Waals surface area contributed by atoms with Crippen LogP contribution in [0.25, 0.3) is 0 Å². The lowest BCUT2D eigenvalue weighted by atomic mass is 9.99. The molecule has 2 rings (SSSR count). The zero-order valence-electron chi connectivity index (χ0n) is 11.4. The third kappa shape index (κ3) is 4.08. The number of hydrogen-bond acceptors (Lipinski definition) is 2. The highest BCUT2D eigenvalue weighted by Crippen LogP contribution is 2.33. The molecule has 1 atom stereocenters. The van der Waals surface area contributed by atoms with E-state index in [2.05, 4.69) is 37.2 Å². The number of carbonyl (C=O) groups is 1. The summed E-state index contributed by atoms with van der Waals surface area (Å²) in [5.41, 5.74) is 2.77. The van der Waals surface area contributed by atoms with Gasteiger partial charge < -0.3 is 10.4 Å². The first-order valence-electron chi connectivity index (χ1n) is 6.46. The Bertz CT molecular complexity index is 621. The minimum Gasteiger partial charge on any atom is -0.481 e. The topological polar surface area (TPSA) is 49.3 Å². The molecule has 0 spiro atoms. The number of aryl methyl sites for hydroxylation is 1. The number of aliphatic carboxylic acids is 1. The molecule has 2 aromatic carbocycles. The van der Waals surface area contributed by atoms with Gasteiger partial charge in [-0.1, -0.05) is 30.3 Å². The lowest BCUT2D eigenvalue weighted by Crippen LogP contribution is -2.21. The van der Waals surface area contributed by atoms with E-state index >= 15 is 0 Å². The van der Waals surface area contributed by atoms with Crippen LogP contribution in [0, 0.1) is 6.92 Å². The second-order valence-electron chi connectivity index (χ2n) is 4.79. The summed E-state index contributed by atoms with van der Waals surface area (Å²) < 4.78 is 1.82. The highest BCUT2D eigenvalue weighted by atomic mass is 79.9. The van der Waals surface area contributed by atoms with Crippen LogP contribution in [0.15, 0.2) is 51.4 Å². The summed E-state index contributed by atoms with van der Waals surface area (Å²) in [6, 6.07) is 13.2. The zero-order chi connectivity index (χ0) is 15.4. The molecule has 110 valence electrons. The lowest BCUT2D eigenvalue weighted by Gasteiger charge is -2.17. The number of anilines is 1. The quantitative estimate of drug-likeness (QED) is 0.741. The number of rotatable bonds is 5. The van der Waals surface area contributed by atoms with E-state index in [9.17, 15) is 9.90 Å². The van der Waals surface area contributed by atoms with Crippen LogP contribution in [0.3, 0.4) is 0 Å². The van der Waals surface area contributed by atoms with Gasteiger partial charge in [0.05, 0.1) is 11.6 Å². The van der Waals surface area contributed by atoms with Crippen LogP contribution in [-0.4, -0.2) is 17.6 Å². The maximum absolute atomic E-state index is 11.5. The van der Waals surface area contributed by atoms with Crippen LogP contribution < -0.4 is 5.32 Å². The first-order valence-corrected chi connectivity index (χ1v) is 8.05. The normalized spacial score (nSPS) is 12.0. The van der Waals surface area contributed by atoms with Crippen molar-refractivity contribution < 1.29 is 9.90 Å². The maximum atomic E-state index is 11.5. The highest BCUT2D eigenvalue weighted by molar-refractivity contribution is 9.11. The SMILES string of the molecule is Cc1cc(Br)c(NCC(C(=O)O)c2ccccc2)c(Br)c1. The van der Waals surface area contributed by atoms with Gasteiger partial charge in [0.25, 0.3) is 0 Å². The van der Waals surface area contributed by atoms with Crippen LogP contribution in [0.1, 0.15) is 17.0 Å². The molecule has 3 nitrogen and oxygen atoms in total. The predicted molar refractivity (Wildman–Crippen MR) is 91.9 cm³/mol. The molecule has 5 heteroatoms. The first-order chi connectivity index (χ1) is 9.99. The average Bonchev–Trinajstić information content (AvgIpc) is 2.42. The molecule has 0 aliphatic carbocycles. The number of halogens is 2. The standard InChI is InChI=1S/C16H15Br2NO2/c1-10-7-13(17)15(14(18)8-10)19-9-12(16(20)21)11-5-3-2-4-6-11/h2-8,12,19H,9H2,1H3,(H,20,21). The van der Waals surface area contributed by atoms with Gasteiger partial charge >= 0.3 is 5.97 Å². The van der Waals surface area contributed by atoms with Crippen molar-refractivity contribution in [3.05, 3.63) is 62.5 Å². The monoisotopic (exact) mass is 411 g/mol. The summed E-state index contributed by atoms with van der Waals surface area (Å²) in [5.74, 6) is -1.43. The Kier molecular flexibility index (Phi) is 5.42. The summed E-state index contributed by atoms with van der Waals surface area (Å²) >= 11 is 7.00. The van der Waals surface area contributed by atoms with Crippen molar-refractivity contribution in [1.82, 2.24) is 0 Å². The molecule has 21 heavy (non-hydrogen) atoms. The van der Waals surface area contributed by atoms with Crippen molar-refractivity contribution in [3.8, 4) is 0 Å². The molecule has 2 N–H and O–H groups in total. The van der Waals surface area contributed by atoms with E-state index in [1.54, 1.807) is 0 Å². The van der Waals surface area contributed by atoms with Crippen LogP contribution in [0.2, 0.25) is 0 Å². The molecule has 1 unspecified atom stereocenters. The van der Waals surface area contributed by atoms with Gasteiger partial charge in [0, 0.05) is 15.5 Å². The van der Waals surface area contributed by atoms with Crippen molar-refractivity contribution in [3.63, 3.8) is 0 Å². The lowest BCUT2D eigenvalue weighted by molar-refractivity contribution is -0.138. The van der Waals surface area contributed by atoms with Crippen LogP contribution in [0.5, 0.6) is 0 Å². The van der Waals surface area contributed by atoms with Crippen molar-refractivity contribution in [2.75, 3.05) is 11.9 Å². The second kappa shape index (κ2) is 7.09. The Morgan fingerprint density at radius 1 is 1.19 bits per heavy atom. The van der Waals surface area contributed by atoms with Crippen molar-refractivity contribution in [1.29, 1.82) is 0 Å². The van der Waals surface area contributed by atoms with Gasteiger partial charge in [-0.3, -0.25) is 4.79 Å². The molecule has 0 radical (unpaired) electrons. The fourth-order valence-electron chi connectivity index (χ4n) is 2.11. The Labute approximate surface area is 140 Å². The van der Waals surface area contributed by atoms with Gasteiger partial charge in [-0.2, -0.15) is 0 Å². The van der Waals surface area contributed by atoms with Gasteiger partial charge in [0.15, 0.2) is 0 Å². The zero-order valence-corrected chi connectivity index (χ0v) is 14.6. The fraction of sp³-hybridized carbons (Fsp3) is 0.188. The summed E-state index contributed by atoms with van der Waals surface area (Å²) in [6.45, 7) is 2.32. The molecular weight excluding hydrogens is 398 g/mol. The summed E-state index contributed by atoms with van der Waals surface area (Å²) in [4.78, 5) is 11.5. The fourth-order valence-corrected chi connectivity index (χ4v) is 3.80. The van der Waals surface area contributed by atoms with Gasteiger partial charge in [0.1, 0.15) is 0 Å². The third-order valence-corrected chi connectivity index (χ3v) is 4.42. The second-order valence-corrected chi connectivity index (χ2v) is 6.49. The van der Waals surface area contributed by atoms with Crippen LogP contribution >= 0.6 is 31.9 Å². The van der Waals surface area contributed by atoms with Gasteiger partial charge in [0.2, 0.25) is 0 Å². The predicted octanol–water partition coefficient (Wildman–Crippen LogP) is 4.80. The van der Waals surface area contributed by atoms with Crippen molar-refractivity contribution in [2.24, 2.45) is 0 Å². The summed E-state index contributed by atoms with van der Waals surface area (Å²) in [5, 5.41) is 12.6. The molecule has 0 amide bonds. The van der Waals surface area contributed by atoms with Crippen molar-refractivity contribution >= 4 is 43.5 Å². The largest absolute Gasteiger partial charge is 0.481 e. The van der Waals surface area contributed by atoms with E-state index in [0.717, 1.165) is 25.8 Å². The molecule has 0 fully saturated rings. The number of hydrogen-bond donors (Lipinski definition) is 2. The van der Waals surface area contributed by atoms with E-state index < -0.39 is 11.9 Å². The van der Waals surface area contributed by atoms with E-state index in [1.165, 1.54) is 0 Å². The molecular formula is C16H15Br2NO2. The number of benzene rings is 2. The minimum atomic E-state index is -0.840. The Hall–Kier alpha value is -1.33. The minimum absolute atomic E-state index is 0.319. The number of carboxylic acid groups (broad SMARTS) is 1. The Balaban J connectivity index is 2.19. The number of carboxylic acids is 1. The molecule has 0 heterocycles. The maximum Gasteiger partial charge on any atom is 0.312 e. The molecule has 0 bridgehead atoms. The number of nitrogens with one attached hydrogen (secondary N) is 1. The van der Waals surface area contributed by atoms with Crippen LogP contribution in [-0.2, 0) is 4.79 Å². The van der Waals surface area contributed by atoms with Crippen LogP contribution in [0.4, 0.5) is 5.69 Å². The first kappa shape index (κ1) is 16.0. The molecule has 0 saturated carbocycles. The van der Waals surface area contributed by atoms with Crippen molar-refractivity contribution in [2.45, 2.75) is 12.8 Å². The van der Waals surface area contributed by atoms with Gasteiger partial charge in [-0.25, -0.2) is 0 Å². The van der Waals surface area contributed by atoms with E-state index in [0.29, 0.717) is 6.54 Å². The molecule has 0 aliphatic heterocycles. The van der Waals surface area contributed by atoms with E-state index in [1.807, 2.05) is 49.4 Å². The molecule has 2 aromatic rings.